The van der Waals surface area contributed by atoms with Gasteiger partial charge in [-0.25, -0.2) is 5.43 Å². The maximum Gasteiger partial charge on any atom is 0.259 e. The van der Waals surface area contributed by atoms with Crippen molar-refractivity contribution in [1.82, 2.24) is 10.7 Å². The van der Waals surface area contributed by atoms with Gasteiger partial charge in [-0.1, -0.05) is 36.4 Å². The predicted octanol–water partition coefficient (Wildman–Crippen LogP) is 1.40. The number of aliphatic hydroxyl groups is 2. The monoisotopic (exact) mass is 436 g/mol. The Kier molecular flexibility index (Phi) is 6.55. The molecule has 0 unspecified atom stereocenters. The Bertz CT molecular complexity index is 1010. The first-order chi connectivity index (χ1) is 15.5. The lowest BCUT2D eigenvalue weighted by molar-refractivity contribution is -0.145. The fourth-order valence-electron chi connectivity index (χ4n) is 4.05. The molecule has 2 aromatic carbocycles. The lowest BCUT2D eigenvalue weighted by atomic mass is 10.0. The molecule has 0 aromatic heterocycles. The minimum atomic E-state index is -1.86. The Morgan fingerprint density at radius 3 is 2.53 bits per heavy atom. The van der Waals surface area contributed by atoms with Crippen molar-refractivity contribution in [3.8, 4) is 0 Å². The number of carbonyl (C=O) groups is 2. The van der Waals surface area contributed by atoms with Gasteiger partial charge in [0.25, 0.3) is 11.8 Å². The summed E-state index contributed by atoms with van der Waals surface area (Å²) in [5, 5.41) is 25.4. The summed E-state index contributed by atoms with van der Waals surface area (Å²) >= 11 is 0. The fourth-order valence-corrected chi connectivity index (χ4v) is 4.05. The number of hydrogen-bond acceptors (Lipinski definition) is 6. The first-order valence-electron chi connectivity index (χ1n) is 10.8. The second-order valence-corrected chi connectivity index (χ2v) is 8.05. The molecule has 8 nitrogen and oxygen atoms in total. The van der Waals surface area contributed by atoms with E-state index in [-0.39, 0.29) is 0 Å². The van der Waals surface area contributed by atoms with Crippen LogP contribution < -0.4 is 20.7 Å². The number of hydrazine groups is 1. The molecule has 168 valence electrons. The summed E-state index contributed by atoms with van der Waals surface area (Å²) in [4.78, 5) is 26.9. The molecule has 3 atom stereocenters. The standard InChI is InChI=1S/C24H28N4O4/c1-16(17-9-11-19(12-10-17)28-15-5-13-25-28)26-23(31)21(29)22(30)24(32)27-14-4-7-18-6-2-3-8-20(18)27/h2-3,5-6,8-12,15-16,21-22,25,29-30H,4,7,13-14H2,1H3,(H,26,31)/t16-,21-,22-/m1/s1. The Hall–Kier alpha value is -3.20. The van der Waals surface area contributed by atoms with Crippen molar-refractivity contribution in [2.45, 2.75) is 38.0 Å². The van der Waals surface area contributed by atoms with Crippen LogP contribution in [-0.4, -0.2) is 47.3 Å². The van der Waals surface area contributed by atoms with Crippen LogP contribution in [-0.2, 0) is 16.0 Å². The summed E-state index contributed by atoms with van der Waals surface area (Å²) in [7, 11) is 0. The first kappa shape index (κ1) is 22.0. The third-order valence-corrected chi connectivity index (χ3v) is 5.86. The third kappa shape index (κ3) is 4.52. The lowest BCUT2D eigenvalue weighted by Gasteiger charge is -2.32. The molecular formula is C24H28N4O4. The quantitative estimate of drug-likeness (QED) is 0.546. The van der Waals surface area contributed by atoms with Crippen molar-refractivity contribution < 1.29 is 19.8 Å². The average molecular weight is 437 g/mol. The molecule has 4 rings (SSSR count). The van der Waals surface area contributed by atoms with Crippen LogP contribution in [0.2, 0.25) is 0 Å². The number of aryl methyl sites for hydroxylation is 1. The van der Waals surface area contributed by atoms with Gasteiger partial charge in [-0.15, -0.1) is 0 Å². The highest BCUT2D eigenvalue weighted by Crippen LogP contribution is 2.27. The van der Waals surface area contributed by atoms with Gasteiger partial charge in [0, 0.05) is 25.0 Å². The van der Waals surface area contributed by atoms with Crippen molar-refractivity contribution in [2.75, 3.05) is 23.0 Å². The van der Waals surface area contributed by atoms with Crippen LogP contribution in [0, 0.1) is 0 Å². The van der Waals surface area contributed by atoms with E-state index in [4.69, 9.17) is 0 Å². The SMILES string of the molecule is C[C@@H](NC(=O)[C@H](O)[C@@H](O)C(=O)N1CCCc2ccccc21)c1ccc(N2C=CCN2)cc1. The summed E-state index contributed by atoms with van der Waals surface area (Å²) < 4.78 is 0. The smallest absolute Gasteiger partial charge is 0.259 e. The molecule has 4 N–H and O–H groups in total. The van der Waals surface area contributed by atoms with Crippen LogP contribution in [0.15, 0.2) is 60.8 Å². The van der Waals surface area contributed by atoms with Crippen LogP contribution in [0.1, 0.15) is 30.5 Å². The topological polar surface area (TPSA) is 105 Å². The molecule has 0 bridgehead atoms. The van der Waals surface area contributed by atoms with Crippen molar-refractivity contribution in [3.05, 3.63) is 71.9 Å². The zero-order valence-corrected chi connectivity index (χ0v) is 17.9. The highest BCUT2D eigenvalue weighted by Gasteiger charge is 2.35. The van der Waals surface area contributed by atoms with E-state index >= 15 is 0 Å². The van der Waals surface area contributed by atoms with Gasteiger partial charge in [0.15, 0.2) is 12.2 Å². The molecule has 0 saturated heterocycles. The minimum absolute atomic E-state index is 0.411. The van der Waals surface area contributed by atoms with E-state index in [0.717, 1.165) is 36.2 Å². The molecule has 0 saturated carbocycles. The Balaban J connectivity index is 1.37. The zero-order valence-electron chi connectivity index (χ0n) is 17.9. The van der Waals surface area contributed by atoms with Gasteiger partial charge in [-0.3, -0.25) is 14.6 Å². The largest absolute Gasteiger partial charge is 0.380 e. The third-order valence-electron chi connectivity index (χ3n) is 5.86. The van der Waals surface area contributed by atoms with Crippen LogP contribution in [0.5, 0.6) is 0 Å². The number of rotatable bonds is 6. The number of nitrogens with one attached hydrogen (secondary N) is 2. The number of fused-ring (bicyclic) bond motifs is 1. The molecule has 0 fully saturated rings. The van der Waals surface area contributed by atoms with E-state index in [1.54, 1.807) is 6.92 Å². The predicted molar refractivity (Wildman–Crippen MR) is 122 cm³/mol. The molecule has 0 aliphatic carbocycles. The molecule has 0 radical (unpaired) electrons. The molecule has 8 heteroatoms. The zero-order chi connectivity index (χ0) is 22.7. The molecule has 0 spiro atoms. The van der Waals surface area contributed by atoms with Crippen molar-refractivity contribution in [3.63, 3.8) is 0 Å². The molecular weight excluding hydrogens is 408 g/mol. The number of aliphatic hydroxyl groups excluding tert-OH is 2. The second-order valence-electron chi connectivity index (χ2n) is 8.05. The van der Waals surface area contributed by atoms with Crippen LogP contribution >= 0.6 is 0 Å². The van der Waals surface area contributed by atoms with Gasteiger partial charge in [0.2, 0.25) is 0 Å². The van der Waals surface area contributed by atoms with Gasteiger partial charge >= 0.3 is 0 Å². The Labute approximate surface area is 187 Å². The van der Waals surface area contributed by atoms with Crippen LogP contribution in [0.25, 0.3) is 0 Å². The summed E-state index contributed by atoms with van der Waals surface area (Å²) in [6.45, 7) is 2.99. The highest BCUT2D eigenvalue weighted by molar-refractivity contribution is 6.01. The van der Waals surface area contributed by atoms with Gasteiger partial charge in [-0.2, -0.15) is 0 Å². The number of benzene rings is 2. The van der Waals surface area contributed by atoms with E-state index in [9.17, 15) is 19.8 Å². The van der Waals surface area contributed by atoms with Gasteiger partial charge in [-0.05, 0) is 49.1 Å². The Morgan fingerprint density at radius 1 is 1.06 bits per heavy atom. The van der Waals surface area contributed by atoms with Crippen LogP contribution in [0.3, 0.4) is 0 Å². The van der Waals surface area contributed by atoms with Crippen LogP contribution in [0.4, 0.5) is 11.4 Å². The number of hydrogen-bond donors (Lipinski definition) is 4. The number of nitrogens with zero attached hydrogens (tertiary/aromatic N) is 2. The van der Waals surface area contributed by atoms with Gasteiger partial charge in [0.05, 0.1) is 11.7 Å². The van der Waals surface area contributed by atoms with E-state index < -0.39 is 30.1 Å². The van der Waals surface area contributed by atoms with Crippen molar-refractivity contribution in [1.29, 1.82) is 0 Å². The van der Waals surface area contributed by atoms with E-state index in [2.05, 4.69) is 10.7 Å². The maximum atomic E-state index is 12.8. The molecule has 32 heavy (non-hydrogen) atoms. The number of amides is 2. The molecule has 2 aliphatic heterocycles. The summed E-state index contributed by atoms with van der Waals surface area (Å²) in [6, 6.07) is 14.7. The van der Waals surface area contributed by atoms with Crippen molar-refractivity contribution in [2.24, 2.45) is 0 Å². The summed E-state index contributed by atoms with van der Waals surface area (Å²) in [5.74, 6) is -1.47. The molecule has 2 aliphatic rings. The van der Waals surface area contributed by atoms with E-state index in [1.165, 1.54) is 4.90 Å². The lowest BCUT2D eigenvalue weighted by Crippen LogP contribution is -2.52. The molecule has 2 amide bonds. The molecule has 2 aromatic rings. The number of carbonyl (C=O) groups excluding carboxylic acids is 2. The van der Waals surface area contributed by atoms with E-state index in [0.29, 0.717) is 12.2 Å². The number of anilines is 2. The van der Waals surface area contributed by atoms with Gasteiger partial charge < -0.3 is 20.4 Å². The normalized spacial score (nSPS) is 18.1. The number of para-hydroxylation sites is 1. The second kappa shape index (κ2) is 9.52. The fraction of sp³-hybridized carbons (Fsp3) is 0.333. The maximum absolute atomic E-state index is 12.8. The minimum Gasteiger partial charge on any atom is -0.380 e. The summed E-state index contributed by atoms with van der Waals surface area (Å²) in [6.07, 6.45) is 1.84. The molecule has 2 heterocycles. The average Bonchev–Trinajstić information content (AvgIpc) is 3.37. The van der Waals surface area contributed by atoms with Crippen molar-refractivity contribution >= 4 is 23.2 Å². The van der Waals surface area contributed by atoms with E-state index in [1.807, 2.05) is 65.8 Å². The summed E-state index contributed by atoms with van der Waals surface area (Å²) in [5.41, 5.74) is 6.70. The highest BCUT2D eigenvalue weighted by atomic mass is 16.3. The first-order valence-corrected chi connectivity index (χ1v) is 10.8. The van der Waals surface area contributed by atoms with Gasteiger partial charge in [0.1, 0.15) is 0 Å². The Morgan fingerprint density at radius 2 is 1.81 bits per heavy atom.